The zero-order chi connectivity index (χ0) is 26.3. The van der Waals surface area contributed by atoms with E-state index in [1.54, 1.807) is 12.3 Å². The summed E-state index contributed by atoms with van der Waals surface area (Å²) in [5.41, 5.74) is 4.75. The van der Waals surface area contributed by atoms with E-state index < -0.39 is 10.0 Å². The Hall–Kier alpha value is -3.40. The van der Waals surface area contributed by atoms with Crippen LogP contribution in [-0.4, -0.2) is 24.8 Å². The van der Waals surface area contributed by atoms with Crippen molar-refractivity contribution in [3.63, 3.8) is 0 Å². The highest BCUT2D eigenvalue weighted by Gasteiger charge is 2.42. The molecule has 0 unspecified atom stereocenters. The molecule has 190 valence electrons. The third-order valence-corrected chi connectivity index (χ3v) is 7.65. The number of pyridine rings is 1. The van der Waals surface area contributed by atoms with E-state index in [9.17, 15) is 8.42 Å². The maximum Gasteiger partial charge on any atom is 0.229 e. The molecule has 0 saturated carbocycles. The van der Waals surface area contributed by atoms with Crippen LogP contribution in [0.3, 0.4) is 0 Å². The molecule has 0 spiro atoms. The Bertz CT molecular complexity index is 1590. The smallest absolute Gasteiger partial charge is 0.229 e. The molecule has 2 aromatic carbocycles. The largest absolute Gasteiger partial charge is 0.459 e. The van der Waals surface area contributed by atoms with Gasteiger partial charge in [-0.1, -0.05) is 29.8 Å². The van der Waals surface area contributed by atoms with Gasteiger partial charge in [-0.2, -0.15) is 0 Å². The van der Waals surface area contributed by atoms with Crippen LogP contribution in [0.15, 0.2) is 77.3 Å². The molecule has 1 fully saturated rings. The summed E-state index contributed by atoms with van der Waals surface area (Å²) in [6.45, 7) is 3.81. The number of anilines is 2. The number of nitrogens with zero attached hydrogens (tertiary/aromatic N) is 2. The van der Waals surface area contributed by atoms with Gasteiger partial charge in [0, 0.05) is 22.5 Å². The average molecular weight is 553 g/mol. The predicted molar refractivity (Wildman–Crippen MR) is 151 cm³/mol. The summed E-state index contributed by atoms with van der Waals surface area (Å²) >= 11 is 12.2. The van der Waals surface area contributed by atoms with E-state index in [1.165, 1.54) is 0 Å². The van der Waals surface area contributed by atoms with Crippen LogP contribution in [0.4, 0.5) is 11.4 Å². The average Bonchev–Trinajstić information content (AvgIpc) is 3.46. The second-order valence-electron chi connectivity index (χ2n) is 8.98. The van der Waals surface area contributed by atoms with Gasteiger partial charge in [-0.3, -0.25) is 9.71 Å². The van der Waals surface area contributed by atoms with Gasteiger partial charge in [-0.15, -0.1) is 0 Å². The first-order chi connectivity index (χ1) is 17.6. The van der Waals surface area contributed by atoms with E-state index in [2.05, 4.69) is 15.0 Å². The Labute approximate surface area is 226 Å². The standard InChI is InChI=1S/C27H25ClN4O3S2/c1-16-15-18(10-11-21(16)31-37(3,33)34)32-26(25(30-27(32)36)22-9-4-5-14-29-22)24-13-12-23(35-24)19-7-6-8-20(28)17(19)2/h4-15,25-26,31H,1-3H3,(H,30,36)/t25-,26+/m1/s1. The van der Waals surface area contributed by atoms with Crippen LogP contribution in [-0.2, 0) is 10.0 Å². The number of sulfonamides is 1. The van der Waals surface area contributed by atoms with Gasteiger partial charge in [0.05, 0.1) is 23.7 Å². The summed E-state index contributed by atoms with van der Waals surface area (Å²) in [7, 11) is -3.41. The molecule has 7 nitrogen and oxygen atoms in total. The van der Waals surface area contributed by atoms with Crippen molar-refractivity contribution >= 4 is 50.3 Å². The van der Waals surface area contributed by atoms with Gasteiger partial charge < -0.3 is 14.6 Å². The van der Waals surface area contributed by atoms with Crippen LogP contribution in [0.25, 0.3) is 11.3 Å². The summed E-state index contributed by atoms with van der Waals surface area (Å²) in [4.78, 5) is 6.56. The van der Waals surface area contributed by atoms with E-state index in [1.807, 2.05) is 79.4 Å². The number of rotatable bonds is 6. The molecule has 0 amide bonds. The van der Waals surface area contributed by atoms with Gasteiger partial charge in [0.1, 0.15) is 17.6 Å². The second-order valence-corrected chi connectivity index (χ2v) is 11.5. The number of aromatic nitrogens is 1. The number of benzene rings is 2. The Balaban J connectivity index is 1.59. The van der Waals surface area contributed by atoms with Crippen LogP contribution in [0, 0.1) is 13.8 Å². The number of nitrogens with one attached hydrogen (secondary N) is 2. The van der Waals surface area contributed by atoms with Crippen molar-refractivity contribution in [3.05, 3.63) is 101 Å². The van der Waals surface area contributed by atoms with Crippen LogP contribution in [0.5, 0.6) is 0 Å². The maximum atomic E-state index is 11.8. The normalized spacial score (nSPS) is 17.6. The summed E-state index contributed by atoms with van der Waals surface area (Å²) in [5.74, 6) is 1.41. The lowest BCUT2D eigenvalue weighted by Crippen LogP contribution is -2.29. The lowest BCUT2D eigenvalue weighted by atomic mass is 10.0. The van der Waals surface area contributed by atoms with Crippen LogP contribution < -0.4 is 14.9 Å². The molecule has 4 aromatic rings. The maximum absolute atomic E-state index is 11.8. The minimum atomic E-state index is -3.41. The van der Waals surface area contributed by atoms with E-state index in [0.717, 1.165) is 34.3 Å². The first-order valence-corrected chi connectivity index (χ1v) is 14.2. The number of hydrogen-bond donors (Lipinski definition) is 2. The molecule has 1 aliphatic rings. The lowest BCUT2D eigenvalue weighted by Gasteiger charge is -2.27. The minimum Gasteiger partial charge on any atom is -0.459 e. The fourth-order valence-electron chi connectivity index (χ4n) is 4.56. The fourth-order valence-corrected chi connectivity index (χ4v) is 5.71. The molecule has 0 bridgehead atoms. The Kier molecular flexibility index (Phi) is 6.70. The Morgan fingerprint density at radius 3 is 2.59 bits per heavy atom. The topological polar surface area (TPSA) is 87.5 Å². The number of hydrogen-bond acceptors (Lipinski definition) is 5. The van der Waals surface area contributed by atoms with Crippen LogP contribution >= 0.6 is 23.8 Å². The molecule has 2 atom stereocenters. The van der Waals surface area contributed by atoms with Gasteiger partial charge in [-0.25, -0.2) is 8.42 Å². The van der Waals surface area contributed by atoms with E-state index in [4.69, 9.17) is 28.2 Å². The van der Waals surface area contributed by atoms with Crippen molar-refractivity contribution in [2.45, 2.75) is 25.9 Å². The van der Waals surface area contributed by atoms with Gasteiger partial charge in [0.2, 0.25) is 10.0 Å². The second kappa shape index (κ2) is 9.81. The molecule has 0 aliphatic carbocycles. The first-order valence-electron chi connectivity index (χ1n) is 11.6. The van der Waals surface area contributed by atoms with Crippen molar-refractivity contribution in [1.82, 2.24) is 10.3 Å². The highest BCUT2D eigenvalue weighted by molar-refractivity contribution is 7.92. The molecule has 10 heteroatoms. The highest BCUT2D eigenvalue weighted by atomic mass is 35.5. The molecule has 37 heavy (non-hydrogen) atoms. The highest BCUT2D eigenvalue weighted by Crippen LogP contribution is 2.44. The van der Waals surface area contributed by atoms with E-state index in [-0.39, 0.29) is 12.1 Å². The Morgan fingerprint density at radius 2 is 1.89 bits per heavy atom. The summed E-state index contributed by atoms with van der Waals surface area (Å²) in [5, 5.41) is 4.60. The van der Waals surface area contributed by atoms with Crippen molar-refractivity contribution in [3.8, 4) is 11.3 Å². The third kappa shape index (κ3) is 5.07. The van der Waals surface area contributed by atoms with E-state index >= 15 is 0 Å². The molecular weight excluding hydrogens is 528 g/mol. The van der Waals surface area contributed by atoms with Gasteiger partial charge in [0.15, 0.2) is 5.11 Å². The molecule has 3 heterocycles. The van der Waals surface area contributed by atoms with Gasteiger partial charge in [-0.05, 0) is 85.7 Å². The summed E-state index contributed by atoms with van der Waals surface area (Å²) in [6, 6.07) is 20.2. The fraction of sp³-hybridized carbons (Fsp3) is 0.185. The molecule has 0 radical (unpaired) electrons. The lowest BCUT2D eigenvalue weighted by molar-refractivity contribution is 0.439. The van der Waals surface area contributed by atoms with Crippen molar-refractivity contribution in [1.29, 1.82) is 0 Å². The van der Waals surface area contributed by atoms with E-state index in [0.29, 0.717) is 27.3 Å². The predicted octanol–water partition coefficient (Wildman–Crippen LogP) is 6.16. The summed E-state index contributed by atoms with van der Waals surface area (Å²) in [6.07, 6.45) is 2.88. The number of halogens is 1. The molecule has 1 saturated heterocycles. The van der Waals surface area contributed by atoms with Crippen molar-refractivity contribution < 1.29 is 12.8 Å². The SMILES string of the molecule is Cc1cc(N2C(=S)N[C@H](c3ccccn3)[C@@H]2c2ccc(-c3cccc(Cl)c3C)o2)ccc1NS(C)(=O)=O. The number of aryl methyl sites for hydroxylation is 1. The van der Waals surface area contributed by atoms with Crippen molar-refractivity contribution in [2.24, 2.45) is 0 Å². The van der Waals surface area contributed by atoms with Crippen LogP contribution in [0.2, 0.25) is 5.02 Å². The molecule has 5 rings (SSSR count). The molecule has 1 aliphatic heterocycles. The molecular formula is C27H25ClN4O3S2. The summed E-state index contributed by atoms with van der Waals surface area (Å²) < 4.78 is 32.5. The minimum absolute atomic E-state index is 0.276. The Morgan fingerprint density at radius 1 is 1.08 bits per heavy atom. The number of furan rings is 1. The monoisotopic (exact) mass is 552 g/mol. The number of thiocarbonyl (C=S) groups is 1. The molecule has 2 aromatic heterocycles. The quantitative estimate of drug-likeness (QED) is 0.277. The molecule has 2 N–H and O–H groups in total. The van der Waals surface area contributed by atoms with Crippen molar-refractivity contribution in [2.75, 3.05) is 15.9 Å². The zero-order valence-corrected chi connectivity index (χ0v) is 22.8. The van der Waals surface area contributed by atoms with Gasteiger partial charge in [0.25, 0.3) is 0 Å². The van der Waals surface area contributed by atoms with Gasteiger partial charge >= 0.3 is 0 Å². The third-order valence-electron chi connectivity index (χ3n) is 6.33. The van der Waals surface area contributed by atoms with Crippen LogP contribution in [0.1, 0.15) is 34.7 Å². The zero-order valence-electron chi connectivity index (χ0n) is 20.4. The first kappa shape index (κ1) is 25.3.